The summed E-state index contributed by atoms with van der Waals surface area (Å²) in [5.41, 5.74) is -5.35. The Bertz CT molecular complexity index is 401. The maximum atomic E-state index is 12.0. The Morgan fingerprint density at radius 2 is 1.79 bits per heavy atom. The van der Waals surface area contributed by atoms with Crippen LogP contribution in [0.25, 0.3) is 0 Å². The molecule has 0 heterocycles. The molecule has 0 unspecified atom stereocenters. The summed E-state index contributed by atoms with van der Waals surface area (Å²) >= 11 is 0. The largest absolute Gasteiger partial charge is 0.511 e. The molecule has 0 aromatic carbocycles. The number of esters is 1. The number of alkyl halides is 3. The normalized spacial score (nSPS) is 18.3. The van der Waals surface area contributed by atoms with Gasteiger partial charge in [-0.25, -0.2) is 13.1 Å². The van der Waals surface area contributed by atoms with Crippen LogP contribution < -0.4 is 4.72 Å². The van der Waals surface area contributed by atoms with Crippen LogP contribution in [0.4, 0.5) is 13.2 Å². The molecule has 1 aliphatic rings. The Kier molecular flexibility index (Phi) is 5.60. The summed E-state index contributed by atoms with van der Waals surface area (Å²) in [4.78, 5) is 11.5. The third kappa shape index (κ3) is 4.98. The van der Waals surface area contributed by atoms with Crippen LogP contribution >= 0.6 is 0 Å². The quantitative estimate of drug-likeness (QED) is 0.618. The maximum Gasteiger partial charge on any atom is 0.511 e. The molecule has 1 N–H and O–H groups in total. The Morgan fingerprint density at radius 3 is 2.32 bits per heavy atom. The van der Waals surface area contributed by atoms with Gasteiger partial charge in [0.15, 0.2) is 0 Å². The smallest absolute Gasteiger partial charge is 0.464 e. The molecular weight excluding hydrogens is 287 g/mol. The minimum atomic E-state index is -5.36. The van der Waals surface area contributed by atoms with Crippen molar-refractivity contribution in [1.29, 1.82) is 0 Å². The molecule has 5 nitrogen and oxygen atoms in total. The van der Waals surface area contributed by atoms with Crippen molar-refractivity contribution in [2.24, 2.45) is 5.92 Å². The summed E-state index contributed by atoms with van der Waals surface area (Å²) in [6, 6.07) is 0. The predicted molar refractivity (Wildman–Crippen MR) is 60.5 cm³/mol. The van der Waals surface area contributed by atoms with Crippen molar-refractivity contribution < 1.29 is 31.1 Å². The number of hydrogen-bond acceptors (Lipinski definition) is 4. The molecule has 19 heavy (non-hydrogen) atoms. The number of carbonyl (C=O) groups is 1. The Hall–Kier alpha value is -0.830. The van der Waals surface area contributed by atoms with Crippen LogP contribution in [-0.2, 0) is 19.6 Å². The first-order valence-corrected chi connectivity index (χ1v) is 7.45. The first kappa shape index (κ1) is 16.2. The zero-order valence-corrected chi connectivity index (χ0v) is 11.0. The number of halogens is 3. The van der Waals surface area contributed by atoms with Crippen molar-refractivity contribution in [3.63, 3.8) is 0 Å². The average Bonchev–Trinajstić information content (AvgIpc) is 2.34. The van der Waals surface area contributed by atoms with Crippen molar-refractivity contribution in [3.05, 3.63) is 0 Å². The van der Waals surface area contributed by atoms with E-state index in [0.29, 0.717) is 12.8 Å². The average molecular weight is 303 g/mol. The molecule has 1 rings (SSSR count). The summed E-state index contributed by atoms with van der Waals surface area (Å²) in [6.07, 6.45) is 4.36. The van der Waals surface area contributed by atoms with Crippen molar-refractivity contribution in [3.8, 4) is 0 Å². The van der Waals surface area contributed by atoms with E-state index in [1.807, 2.05) is 0 Å². The molecule has 0 atom stereocenters. The van der Waals surface area contributed by atoms with Gasteiger partial charge in [0.1, 0.15) is 6.61 Å². The summed E-state index contributed by atoms with van der Waals surface area (Å²) in [6.45, 7) is -0.981. The van der Waals surface area contributed by atoms with Crippen LogP contribution in [0.5, 0.6) is 0 Å². The Morgan fingerprint density at radius 1 is 1.21 bits per heavy atom. The van der Waals surface area contributed by atoms with Gasteiger partial charge in [-0.15, -0.1) is 0 Å². The molecule has 0 saturated heterocycles. The summed E-state index contributed by atoms with van der Waals surface area (Å²) < 4.78 is 63.2. The minimum absolute atomic E-state index is 0.215. The minimum Gasteiger partial charge on any atom is -0.464 e. The maximum absolute atomic E-state index is 12.0. The molecule has 1 aliphatic carbocycles. The highest BCUT2D eigenvalue weighted by Gasteiger charge is 2.45. The van der Waals surface area contributed by atoms with E-state index >= 15 is 0 Å². The number of rotatable bonds is 5. The van der Waals surface area contributed by atoms with Crippen molar-refractivity contribution in [2.45, 2.75) is 37.6 Å². The molecule has 9 heteroatoms. The number of carbonyl (C=O) groups excluding carboxylic acids is 1. The number of ether oxygens (including phenoxy) is 1. The highest BCUT2D eigenvalue weighted by Crippen LogP contribution is 2.24. The van der Waals surface area contributed by atoms with Crippen molar-refractivity contribution >= 4 is 16.0 Å². The van der Waals surface area contributed by atoms with E-state index in [4.69, 9.17) is 4.74 Å². The lowest BCUT2D eigenvalue weighted by Gasteiger charge is -2.19. The van der Waals surface area contributed by atoms with Gasteiger partial charge in [-0.2, -0.15) is 13.2 Å². The fourth-order valence-corrected chi connectivity index (χ4v) is 2.38. The van der Waals surface area contributed by atoms with Gasteiger partial charge in [-0.3, -0.25) is 4.79 Å². The zero-order chi connectivity index (χ0) is 14.5. The number of nitrogens with one attached hydrogen (secondary N) is 1. The van der Waals surface area contributed by atoms with Gasteiger partial charge in [-0.1, -0.05) is 19.3 Å². The Labute approximate surface area is 109 Å². The Balaban J connectivity index is 2.25. The lowest BCUT2D eigenvalue weighted by atomic mass is 9.89. The molecule has 112 valence electrons. The molecule has 1 saturated carbocycles. The summed E-state index contributed by atoms with van der Waals surface area (Å²) in [7, 11) is -5.36. The summed E-state index contributed by atoms with van der Waals surface area (Å²) in [5.74, 6) is -0.682. The molecule has 1 fully saturated rings. The van der Waals surface area contributed by atoms with Crippen LogP contribution in [0.15, 0.2) is 0 Å². The van der Waals surface area contributed by atoms with E-state index in [1.54, 1.807) is 0 Å². The SMILES string of the molecule is O=C(OCCNS(=O)(=O)C(F)(F)F)C1CCCCC1. The van der Waals surface area contributed by atoms with E-state index in [0.717, 1.165) is 19.3 Å². The van der Waals surface area contributed by atoms with Crippen molar-refractivity contribution in [1.82, 2.24) is 4.72 Å². The van der Waals surface area contributed by atoms with E-state index in [1.165, 1.54) is 4.72 Å². The standard InChI is InChI=1S/C10H16F3NO4S/c11-10(12,13)19(16,17)14-6-7-18-9(15)8-4-2-1-3-5-8/h8,14H,1-7H2. The highest BCUT2D eigenvalue weighted by molar-refractivity contribution is 7.90. The number of hydrogen-bond donors (Lipinski definition) is 1. The van der Waals surface area contributed by atoms with Gasteiger partial charge >= 0.3 is 21.5 Å². The molecule has 0 aliphatic heterocycles. The molecule has 0 radical (unpaired) electrons. The van der Waals surface area contributed by atoms with E-state index < -0.39 is 34.7 Å². The van der Waals surface area contributed by atoms with Gasteiger partial charge in [-0.05, 0) is 12.8 Å². The van der Waals surface area contributed by atoms with E-state index in [-0.39, 0.29) is 5.92 Å². The molecular formula is C10H16F3NO4S. The van der Waals surface area contributed by atoms with E-state index in [9.17, 15) is 26.4 Å². The molecule has 0 spiro atoms. The fourth-order valence-electron chi connectivity index (χ4n) is 1.87. The van der Waals surface area contributed by atoms with Crippen LogP contribution in [-0.4, -0.2) is 33.0 Å². The second-order valence-electron chi connectivity index (χ2n) is 4.35. The lowest BCUT2D eigenvalue weighted by molar-refractivity contribution is -0.149. The molecule has 0 bridgehead atoms. The summed E-state index contributed by atoms with van der Waals surface area (Å²) in [5, 5.41) is 0. The first-order chi connectivity index (χ1) is 8.74. The molecule has 0 aromatic rings. The van der Waals surface area contributed by atoms with Gasteiger partial charge in [0.25, 0.3) is 0 Å². The van der Waals surface area contributed by atoms with Crippen molar-refractivity contribution in [2.75, 3.05) is 13.2 Å². The second-order valence-corrected chi connectivity index (χ2v) is 6.10. The first-order valence-electron chi connectivity index (χ1n) is 5.96. The zero-order valence-electron chi connectivity index (χ0n) is 10.2. The van der Waals surface area contributed by atoms with Gasteiger partial charge in [0.2, 0.25) is 0 Å². The third-order valence-electron chi connectivity index (χ3n) is 2.88. The van der Waals surface area contributed by atoms with Gasteiger partial charge in [0.05, 0.1) is 5.92 Å². The lowest BCUT2D eigenvalue weighted by Crippen LogP contribution is -2.38. The van der Waals surface area contributed by atoms with Crippen LogP contribution in [0.2, 0.25) is 0 Å². The van der Waals surface area contributed by atoms with Crippen LogP contribution in [0, 0.1) is 5.92 Å². The van der Waals surface area contributed by atoms with Gasteiger partial charge < -0.3 is 4.74 Å². The van der Waals surface area contributed by atoms with Gasteiger partial charge in [0, 0.05) is 6.54 Å². The monoisotopic (exact) mass is 303 g/mol. The third-order valence-corrected chi connectivity index (χ3v) is 4.08. The second kappa shape index (κ2) is 6.56. The van der Waals surface area contributed by atoms with Crippen LogP contribution in [0.3, 0.4) is 0 Å². The fraction of sp³-hybridized carbons (Fsp3) is 0.900. The number of sulfonamides is 1. The predicted octanol–water partition coefficient (Wildman–Crippen LogP) is 1.55. The van der Waals surface area contributed by atoms with Crippen LogP contribution in [0.1, 0.15) is 32.1 Å². The molecule has 0 amide bonds. The topological polar surface area (TPSA) is 72.5 Å². The molecule has 0 aromatic heterocycles. The van der Waals surface area contributed by atoms with E-state index in [2.05, 4.69) is 0 Å². The highest BCUT2D eigenvalue weighted by atomic mass is 32.2.